The molecule has 0 heterocycles. The molecule has 6 heteroatoms. The topological polar surface area (TPSA) is 66.5 Å². The van der Waals surface area contributed by atoms with Gasteiger partial charge in [0.25, 0.3) is 0 Å². The van der Waals surface area contributed by atoms with Crippen LogP contribution in [0.4, 0.5) is 5.69 Å². The highest BCUT2D eigenvalue weighted by Crippen LogP contribution is 2.18. The second kappa shape index (κ2) is 7.04. The minimum atomic E-state index is -3.39. The highest BCUT2D eigenvalue weighted by molar-refractivity contribution is 7.88. The lowest BCUT2D eigenvalue weighted by Gasteiger charge is -2.21. The number of amides is 1. The predicted octanol–water partition coefficient (Wildman–Crippen LogP) is 2.16. The van der Waals surface area contributed by atoms with Crippen molar-refractivity contribution in [1.29, 1.82) is 0 Å². The van der Waals surface area contributed by atoms with Crippen molar-refractivity contribution in [2.75, 3.05) is 24.7 Å². The van der Waals surface area contributed by atoms with E-state index in [0.717, 1.165) is 23.1 Å². The fourth-order valence-corrected chi connectivity index (χ4v) is 2.88. The monoisotopic (exact) mass is 312 g/mol. The first-order valence-electron chi connectivity index (χ1n) is 6.92. The quantitative estimate of drug-likeness (QED) is 0.875. The van der Waals surface area contributed by atoms with Crippen molar-refractivity contribution in [2.24, 2.45) is 5.92 Å². The highest BCUT2D eigenvalue weighted by Gasteiger charge is 2.21. The summed E-state index contributed by atoms with van der Waals surface area (Å²) in [5.41, 5.74) is 2.79. The fourth-order valence-electron chi connectivity index (χ4n) is 1.96. The molecular weight excluding hydrogens is 288 g/mol. The molecule has 118 valence electrons. The number of sulfonamides is 1. The van der Waals surface area contributed by atoms with Gasteiger partial charge in [-0.25, -0.2) is 8.42 Å². The average Bonchev–Trinajstić information content (AvgIpc) is 2.32. The summed E-state index contributed by atoms with van der Waals surface area (Å²) in [6.45, 7) is 7.89. The molecule has 0 bridgehead atoms. The van der Waals surface area contributed by atoms with E-state index in [1.54, 1.807) is 0 Å². The number of anilines is 1. The minimum Gasteiger partial charge on any atom is -0.325 e. The molecule has 0 unspecified atom stereocenters. The van der Waals surface area contributed by atoms with Gasteiger partial charge in [0.15, 0.2) is 0 Å². The molecule has 1 aromatic rings. The Morgan fingerprint density at radius 1 is 1.29 bits per heavy atom. The third kappa shape index (κ3) is 5.47. The number of carbonyl (C=O) groups is 1. The number of nitrogens with zero attached hydrogens (tertiary/aromatic N) is 1. The molecule has 0 spiro atoms. The van der Waals surface area contributed by atoms with Crippen molar-refractivity contribution in [3.8, 4) is 0 Å². The minimum absolute atomic E-state index is 0.160. The number of carbonyl (C=O) groups excluding carboxylic acids is 1. The van der Waals surface area contributed by atoms with E-state index in [9.17, 15) is 13.2 Å². The molecule has 1 aromatic carbocycles. The zero-order valence-electron chi connectivity index (χ0n) is 13.3. The van der Waals surface area contributed by atoms with Crippen molar-refractivity contribution in [3.63, 3.8) is 0 Å². The zero-order valence-corrected chi connectivity index (χ0v) is 14.1. The second-order valence-electron chi connectivity index (χ2n) is 5.75. The number of aryl methyl sites for hydroxylation is 1. The van der Waals surface area contributed by atoms with Crippen LogP contribution in [-0.2, 0) is 14.8 Å². The van der Waals surface area contributed by atoms with Crippen molar-refractivity contribution in [3.05, 3.63) is 29.3 Å². The Morgan fingerprint density at radius 3 is 2.43 bits per heavy atom. The molecule has 1 amide bonds. The summed E-state index contributed by atoms with van der Waals surface area (Å²) < 4.78 is 24.7. The number of hydrogen-bond donors (Lipinski definition) is 1. The van der Waals surface area contributed by atoms with Gasteiger partial charge in [0.05, 0.1) is 12.8 Å². The maximum absolute atomic E-state index is 12.1. The third-order valence-corrected chi connectivity index (χ3v) is 4.45. The Labute approximate surface area is 127 Å². The van der Waals surface area contributed by atoms with Gasteiger partial charge in [0, 0.05) is 12.2 Å². The standard InChI is InChI=1S/C15H24N2O3S/c1-11(2)9-17(21(5,19)20)10-15(18)16-14-8-6-7-12(3)13(14)4/h6-8,11H,9-10H2,1-5H3,(H,16,18). The molecule has 0 aliphatic carbocycles. The molecule has 21 heavy (non-hydrogen) atoms. The van der Waals surface area contributed by atoms with Gasteiger partial charge in [-0.15, -0.1) is 0 Å². The molecule has 0 atom stereocenters. The van der Waals surface area contributed by atoms with Gasteiger partial charge < -0.3 is 5.32 Å². The smallest absolute Gasteiger partial charge is 0.239 e. The third-order valence-electron chi connectivity index (χ3n) is 3.24. The summed E-state index contributed by atoms with van der Waals surface area (Å²) in [6, 6.07) is 5.64. The van der Waals surface area contributed by atoms with Crippen LogP contribution in [0.3, 0.4) is 0 Å². The molecule has 0 aliphatic rings. The normalized spacial score (nSPS) is 12.0. The Morgan fingerprint density at radius 2 is 1.90 bits per heavy atom. The van der Waals surface area contributed by atoms with Crippen LogP contribution in [0.5, 0.6) is 0 Å². The van der Waals surface area contributed by atoms with Crippen molar-refractivity contribution < 1.29 is 13.2 Å². The van der Waals surface area contributed by atoms with E-state index >= 15 is 0 Å². The van der Waals surface area contributed by atoms with Gasteiger partial charge in [-0.1, -0.05) is 26.0 Å². The summed E-state index contributed by atoms with van der Waals surface area (Å²) in [5.74, 6) is -0.164. The lowest BCUT2D eigenvalue weighted by Crippen LogP contribution is -2.39. The fraction of sp³-hybridized carbons (Fsp3) is 0.533. The Kier molecular flexibility index (Phi) is 5.92. The average molecular weight is 312 g/mol. The first-order chi connectivity index (χ1) is 9.61. The van der Waals surface area contributed by atoms with E-state index in [1.807, 2.05) is 45.9 Å². The van der Waals surface area contributed by atoms with Crippen LogP contribution in [0.2, 0.25) is 0 Å². The van der Waals surface area contributed by atoms with E-state index < -0.39 is 10.0 Å². The number of rotatable bonds is 6. The SMILES string of the molecule is Cc1cccc(NC(=O)CN(CC(C)C)S(C)(=O)=O)c1C. The summed E-state index contributed by atoms with van der Waals surface area (Å²) in [6.07, 6.45) is 1.13. The number of benzene rings is 1. The Balaban J connectivity index is 2.81. The van der Waals surface area contributed by atoms with E-state index in [0.29, 0.717) is 6.54 Å². The molecule has 0 fully saturated rings. The lowest BCUT2D eigenvalue weighted by atomic mass is 10.1. The summed E-state index contributed by atoms with van der Waals surface area (Å²) in [4.78, 5) is 12.1. The summed E-state index contributed by atoms with van der Waals surface area (Å²) >= 11 is 0. The molecule has 0 radical (unpaired) electrons. The molecule has 0 aliphatic heterocycles. The second-order valence-corrected chi connectivity index (χ2v) is 7.73. The van der Waals surface area contributed by atoms with E-state index in [-0.39, 0.29) is 18.4 Å². The molecular formula is C15H24N2O3S. The van der Waals surface area contributed by atoms with Gasteiger partial charge in [-0.05, 0) is 37.0 Å². The number of hydrogen-bond acceptors (Lipinski definition) is 3. The van der Waals surface area contributed by atoms with Crippen LogP contribution in [-0.4, -0.2) is 38.0 Å². The van der Waals surface area contributed by atoms with E-state index in [4.69, 9.17) is 0 Å². The van der Waals surface area contributed by atoms with Gasteiger partial charge in [0.2, 0.25) is 15.9 Å². The molecule has 1 N–H and O–H groups in total. The molecule has 0 saturated heterocycles. The van der Waals surface area contributed by atoms with Gasteiger partial charge in [-0.2, -0.15) is 4.31 Å². The Bertz CT molecular complexity index is 609. The maximum atomic E-state index is 12.1. The van der Waals surface area contributed by atoms with Crippen LogP contribution in [0, 0.1) is 19.8 Å². The molecule has 0 aromatic heterocycles. The predicted molar refractivity (Wildman–Crippen MR) is 85.8 cm³/mol. The van der Waals surface area contributed by atoms with Crippen LogP contribution in [0.15, 0.2) is 18.2 Å². The Hall–Kier alpha value is -1.40. The van der Waals surface area contributed by atoms with E-state index in [1.165, 1.54) is 4.31 Å². The van der Waals surface area contributed by atoms with Crippen molar-refractivity contribution >= 4 is 21.6 Å². The highest BCUT2D eigenvalue weighted by atomic mass is 32.2. The first kappa shape index (κ1) is 17.7. The van der Waals surface area contributed by atoms with Crippen molar-refractivity contribution in [2.45, 2.75) is 27.7 Å². The van der Waals surface area contributed by atoms with Gasteiger partial charge in [0.1, 0.15) is 0 Å². The molecule has 1 rings (SSSR count). The van der Waals surface area contributed by atoms with Crippen LogP contribution in [0.1, 0.15) is 25.0 Å². The van der Waals surface area contributed by atoms with Gasteiger partial charge in [-0.3, -0.25) is 4.79 Å². The lowest BCUT2D eigenvalue weighted by molar-refractivity contribution is -0.116. The molecule has 5 nitrogen and oxygen atoms in total. The van der Waals surface area contributed by atoms with Crippen molar-refractivity contribution in [1.82, 2.24) is 4.31 Å². The largest absolute Gasteiger partial charge is 0.325 e. The van der Waals surface area contributed by atoms with Gasteiger partial charge >= 0.3 is 0 Å². The summed E-state index contributed by atoms with van der Waals surface area (Å²) in [5, 5.41) is 2.78. The van der Waals surface area contributed by atoms with Crippen LogP contribution in [0.25, 0.3) is 0 Å². The summed E-state index contributed by atoms with van der Waals surface area (Å²) in [7, 11) is -3.39. The van der Waals surface area contributed by atoms with Crippen LogP contribution >= 0.6 is 0 Å². The van der Waals surface area contributed by atoms with Crippen LogP contribution < -0.4 is 5.32 Å². The first-order valence-corrected chi connectivity index (χ1v) is 8.77. The zero-order chi connectivity index (χ0) is 16.2. The maximum Gasteiger partial charge on any atom is 0.239 e. The molecule has 0 saturated carbocycles. The van der Waals surface area contributed by atoms with E-state index in [2.05, 4.69) is 5.32 Å². The number of nitrogens with one attached hydrogen (secondary N) is 1.